The van der Waals surface area contributed by atoms with Crippen LogP contribution >= 0.6 is 23.2 Å². The van der Waals surface area contributed by atoms with Crippen molar-refractivity contribution in [1.29, 1.82) is 0 Å². The number of likely N-dealkylation sites (N-methyl/N-ethyl adjacent to an activating group) is 1. The van der Waals surface area contributed by atoms with Crippen LogP contribution in [0.15, 0.2) is 48.5 Å². The summed E-state index contributed by atoms with van der Waals surface area (Å²) in [5, 5.41) is 0.725. The Hall–Kier alpha value is -3.33. The van der Waals surface area contributed by atoms with Gasteiger partial charge in [0.15, 0.2) is 11.6 Å². The number of imidazole rings is 1. The summed E-state index contributed by atoms with van der Waals surface area (Å²) in [7, 11) is 5.48. The minimum absolute atomic E-state index is 0.248. The molecular weight excluding hydrogens is 542 g/mol. The first-order valence-electron chi connectivity index (χ1n) is 12.6. The molecule has 2 aromatic heterocycles. The first-order valence-corrected chi connectivity index (χ1v) is 13.3. The van der Waals surface area contributed by atoms with E-state index in [0.717, 1.165) is 5.56 Å². The summed E-state index contributed by atoms with van der Waals surface area (Å²) in [5.41, 5.74) is 3.24. The summed E-state index contributed by atoms with van der Waals surface area (Å²) >= 11 is 12.8. The van der Waals surface area contributed by atoms with E-state index in [1.807, 2.05) is 42.1 Å². The Morgan fingerprint density at radius 3 is 2.69 bits per heavy atom. The standard InChI is InChI=1S/C29H29Cl2FN4O3/c1-17-16-18(8-11-21(17)32)27-26(33-23-6-5-7-24(38-4)36(23)27)29(37)35(14-13-34(2)3)22-12-15-39-28-19(22)9-10-20(30)25(28)31/h5-11,16,22H,12-15H2,1-4H3. The number of carbonyl (C=O) groups excluding carboxylic acids is 1. The first kappa shape index (κ1) is 27.2. The minimum Gasteiger partial charge on any atom is -0.492 e. The van der Waals surface area contributed by atoms with E-state index in [-0.39, 0.29) is 23.5 Å². The van der Waals surface area contributed by atoms with Crippen LogP contribution in [-0.2, 0) is 0 Å². The molecule has 7 nitrogen and oxygen atoms in total. The lowest BCUT2D eigenvalue weighted by Crippen LogP contribution is -2.41. The number of rotatable bonds is 7. The summed E-state index contributed by atoms with van der Waals surface area (Å²) < 4.78 is 27.6. The highest BCUT2D eigenvalue weighted by atomic mass is 35.5. The zero-order valence-electron chi connectivity index (χ0n) is 22.2. The Balaban J connectivity index is 1.70. The molecule has 0 spiro atoms. The summed E-state index contributed by atoms with van der Waals surface area (Å²) in [6.07, 6.45) is 0.575. The molecule has 1 aliphatic heterocycles. The van der Waals surface area contributed by atoms with E-state index in [2.05, 4.69) is 0 Å². The fraction of sp³-hybridized carbons (Fsp3) is 0.310. The number of hydrogen-bond donors (Lipinski definition) is 0. The number of ether oxygens (including phenoxy) is 2. The summed E-state index contributed by atoms with van der Waals surface area (Å²) in [6, 6.07) is 13.5. The molecule has 0 aliphatic carbocycles. The molecule has 0 radical (unpaired) electrons. The Labute approximate surface area is 236 Å². The molecule has 3 heterocycles. The molecule has 0 bridgehead atoms. The predicted molar refractivity (Wildman–Crippen MR) is 151 cm³/mol. The molecule has 1 atom stereocenters. The average molecular weight is 571 g/mol. The third-order valence-corrected chi connectivity index (χ3v) is 7.74. The van der Waals surface area contributed by atoms with Crippen LogP contribution in [0.4, 0.5) is 4.39 Å². The van der Waals surface area contributed by atoms with E-state index >= 15 is 0 Å². The molecule has 1 amide bonds. The second kappa shape index (κ2) is 11.0. The first-order chi connectivity index (χ1) is 18.7. The van der Waals surface area contributed by atoms with E-state index in [1.54, 1.807) is 42.7 Å². The number of aromatic nitrogens is 2. The van der Waals surface area contributed by atoms with Crippen molar-refractivity contribution in [2.75, 3.05) is 40.9 Å². The molecule has 5 rings (SSSR count). The maximum Gasteiger partial charge on any atom is 0.275 e. The molecule has 0 N–H and O–H groups in total. The van der Waals surface area contributed by atoms with Gasteiger partial charge >= 0.3 is 0 Å². The van der Waals surface area contributed by atoms with Gasteiger partial charge < -0.3 is 19.3 Å². The van der Waals surface area contributed by atoms with Gasteiger partial charge in [-0.3, -0.25) is 9.20 Å². The van der Waals surface area contributed by atoms with Crippen LogP contribution in [-0.4, -0.2) is 66.0 Å². The monoisotopic (exact) mass is 570 g/mol. The maximum atomic E-state index is 14.6. The normalized spacial score (nSPS) is 14.8. The zero-order valence-corrected chi connectivity index (χ0v) is 23.7. The van der Waals surface area contributed by atoms with Crippen LogP contribution in [0.1, 0.15) is 34.1 Å². The highest BCUT2D eigenvalue weighted by molar-refractivity contribution is 6.43. The van der Waals surface area contributed by atoms with Gasteiger partial charge in [-0.15, -0.1) is 0 Å². The van der Waals surface area contributed by atoms with Crippen molar-refractivity contribution in [3.8, 4) is 22.9 Å². The highest BCUT2D eigenvalue weighted by Crippen LogP contribution is 2.44. The van der Waals surface area contributed by atoms with Crippen molar-refractivity contribution >= 4 is 34.8 Å². The Morgan fingerprint density at radius 2 is 1.97 bits per heavy atom. The largest absolute Gasteiger partial charge is 0.492 e. The van der Waals surface area contributed by atoms with Crippen LogP contribution in [0, 0.1) is 12.7 Å². The molecule has 1 unspecified atom stereocenters. The predicted octanol–water partition coefficient (Wildman–Crippen LogP) is 6.29. The third kappa shape index (κ3) is 5.04. The van der Waals surface area contributed by atoms with E-state index in [4.69, 9.17) is 37.7 Å². The number of halogens is 3. The molecule has 2 aromatic carbocycles. The van der Waals surface area contributed by atoms with Crippen LogP contribution in [0.2, 0.25) is 10.0 Å². The van der Waals surface area contributed by atoms with Gasteiger partial charge in [-0.05, 0) is 63.0 Å². The van der Waals surface area contributed by atoms with Gasteiger partial charge in [-0.1, -0.05) is 35.3 Å². The maximum absolute atomic E-state index is 14.6. The van der Waals surface area contributed by atoms with Crippen molar-refractivity contribution in [3.05, 3.63) is 81.2 Å². The lowest BCUT2D eigenvalue weighted by molar-refractivity contribution is 0.0602. The fourth-order valence-electron chi connectivity index (χ4n) is 4.98. The highest BCUT2D eigenvalue weighted by Gasteiger charge is 2.35. The van der Waals surface area contributed by atoms with Crippen molar-refractivity contribution in [2.24, 2.45) is 0 Å². The van der Waals surface area contributed by atoms with E-state index in [1.165, 1.54) is 6.07 Å². The molecule has 10 heteroatoms. The van der Waals surface area contributed by atoms with Crippen molar-refractivity contribution in [2.45, 2.75) is 19.4 Å². The lowest BCUT2D eigenvalue weighted by atomic mass is 9.97. The van der Waals surface area contributed by atoms with Crippen LogP contribution in [0.3, 0.4) is 0 Å². The van der Waals surface area contributed by atoms with Gasteiger partial charge in [-0.25, -0.2) is 9.37 Å². The zero-order chi connectivity index (χ0) is 27.8. The molecule has 1 aliphatic rings. The topological polar surface area (TPSA) is 59.3 Å². The lowest BCUT2D eigenvalue weighted by Gasteiger charge is -2.36. The second-order valence-electron chi connectivity index (χ2n) is 9.77. The quantitative estimate of drug-likeness (QED) is 0.261. The van der Waals surface area contributed by atoms with E-state index in [9.17, 15) is 9.18 Å². The minimum atomic E-state index is -0.325. The van der Waals surface area contributed by atoms with Crippen LogP contribution < -0.4 is 9.47 Å². The SMILES string of the molecule is COc1cccc2nc(C(=O)N(CCN(C)C)C3CCOc4c3ccc(Cl)c4Cl)c(-c3ccc(F)c(C)c3)n12. The van der Waals surface area contributed by atoms with Gasteiger partial charge in [0.2, 0.25) is 0 Å². The van der Waals surface area contributed by atoms with Gasteiger partial charge in [-0.2, -0.15) is 0 Å². The number of carbonyl (C=O) groups is 1. The van der Waals surface area contributed by atoms with E-state index < -0.39 is 0 Å². The Kier molecular flexibility index (Phi) is 7.71. The van der Waals surface area contributed by atoms with Crippen molar-refractivity contribution in [3.63, 3.8) is 0 Å². The van der Waals surface area contributed by atoms with Crippen molar-refractivity contribution in [1.82, 2.24) is 19.2 Å². The number of aryl methyl sites for hydroxylation is 1. The number of methoxy groups -OCH3 is 1. The average Bonchev–Trinajstić information content (AvgIpc) is 3.32. The van der Waals surface area contributed by atoms with Crippen LogP contribution in [0.5, 0.6) is 11.6 Å². The van der Waals surface area contributed by atoms with E-state index in [0.29, 0.717) is 70.3 Å². The van der Waals surface area contributed by atoms with Gasteiger partial charge in [0.05, 0.1) is 30.5 Å². The molecule has 0 fully saturated rings. The smallest absolute Gasteiger partial charge is 0.275 e. The summed E-state index contributed by atoms with van der Waals surface area (Å²) in [6.45, 7) is 3.13. The summed E-state index contributed by atoms with van der Waals surface area (Å²) in [4.78, 5) is 23.2. The molecule has 0 saturated carbocycles. The number of hydrogen-bond acceptors (Lipinski definition) is 5. The molecular formula is C29H29Cl2FN4O3. The molecule has 0 saturated heterocycles. The van der Waals surface area contributed by atoms with Gasteiger partial charge in [0, 0.05) is 30.6 Å². The van der Waals surface area contributed by atoms with Crippen LogP contribution in [0.25, 0.3) is 16.9 Å². The summed E-state index contributed by atoms with van der Waals surface area (Å²) in [5.74, 6) is 0.417. The van der Waals surface area contributed by atoms with Gasteiger partial charge in [0.25, 0.3) is 5.91 Å². The number of pyridine rings is 1. The Morgan fingerprint density at radius 1 is 1.18 bits per heavy atom. The molecule has 39 heavy (non-hydrogen) atoms. The third-order valence-electron chi connectivity index (χ3n) is 6.95. The second-order valence-corrected chi connectivity index (χ2v) is 10.6. The fourth-order valence-corrected chi connectivity index (χ4v) is 5.36. The number of benzene rings is 2. The molecule has 204 valence electrons. The van der Waals surface area contributed by atoms with Crippen molar-refractivity contribution < 1.29 is 18.7 Å². The number of fused-ring (bicyclic) bond motifs is 2. The molecule has 4 aromatic rings. The number of nitrogens with zero attached hydrogens (tertiary/aromatic N) is 4. The number of amides is 1. The Bertz CT molecular complexity index is 1560. The van der Waals surface area contributed by atoms with Gasteiger partial charge in [0.1, 0.15) is 22.2 Å².